The summed E-state index contributed by atoms with van der Waals surface area (Å²) in [7, 11) is 0. The van der Waals surface area contributed by atoms with E-state index in [4.69, 9.17) is 10.8 Å². The summed E-state index contributed by atoms with van der Waals surface area (Å²) in [6.07, 6.45) is 1.82. The summed E-state index contributed by atoms with van der Waals surface area (Å²) in [6, 6.07) is 8.13. The molecule has 5 heteroatoms. The van der Waals surface area contributed by atoms with E-state index in [9.17, 15) is 9.59 Å². The van der Waals surface area contributed by atoms with E-state index in [1.54, 1.807) is 0 Å². The lowest BCUT2D eigenvalue weighted by atomic mass is 10.0. The fourth-order valence-corrected chi connectivity index (χ4v) is 2.06. The zero-order valence-electron chi connectivity index (χ0n) is 10.6. The summed E-state index contributed by atoms with van der Waals surface area (Å²) in [5.41, 5.74) is 6.80. The molecule has 0 bridgehead atoms. The van der Waals surface area contributed by atoms with Gasteiger partial charge in [-0.05, 0) is 24.3 Å². The number of carboxylic acid groups (broad SMARTS) is 1. The number of amides is 1. The number of benzene rings is 1. The standard InChI is InChI=1S/C14H18N2O3/c15-11(9-4-2-1-3-5-9)8-12(17)16-13(14(18)19)10-6-7-10/h1-5,10-11,13H,6-8,15H2,(H,16,17)(H,18,19). The van der Waals surface area contributed by atoms with E-state index in [1.165, 1.54) is 0 Å². The maximum atomic E-state index is 11.8. The Morgan fingerprint density at radius 1 is 1.32 bits per heavy atom. The number of hydrogen-bond donors (Lipinski definition) is 3. The molecular weight excluding hydrogens is 244 g/mol. The monoisotopic (exact) mass is 262 g/mol. The SMILES string of the molecule is NC(CC(=O)NC(C(=O)O)C1CC1)c1ccccc1. The van der Waals surface area contributed by atoms with E-state index in [2.05, 4.69) is 5.32 Å². The molecule has 1 saturated carbocycles. The minimum Gasteiger partial charge on any atom is -0.480 e. The van der Waals surface area contributed by atoms with Crippen LogP contribution in [-0.4, -0.2) is 23.0 Å². The normalized spacial score (nSPS) is 17.5. The fraction of sp³-hybridized carbons (Fsp3) is 0.429. The van der Waals surface area contributed by atoms with Crippen LogP contribution in [0, 0.1) is 5.92 Å². The van der Waals surface area contributed by atoms with Gasteiger partial charge in [-0.15, -0.1) is 0 Å². The average molecular weight is 262 g/mol. The van der Waals surface area contributed by atoms with Gasteiger partial charge >= 0.3 is 5.97 Å². The molecule has 0 saturated heterocycles. The van der Waals surface area contributed by atoms with Crippen LogP contribution in [0.3, 0.4) is 0 Å². The van der Waals surface area contributed by atoms with E-state index in [-0.39, 0.29) is 18.2 Å². The average Bonchev–Trinajstić information content (AvgIpc) is 3.21. The third-order valence-corrected chi connectivity index (χ3v) is 3.31. The van der Waals surface area contributed by atoms with E-state index in [0.717, 1.165) is 18.4 Å². The predicted molar refractivity (Wildman–Crippen MR) is 70.3 cm³/mol. The smallest absolute Gasteiger partial charge is 0.326 e. The Morgan fingerprint density at radius 2 is 1.95 bits per heavy atom. The van der Waals surface area contributed by atoms with Crippen molar-refractivity contribution in [2.75, 3.05) is 0 Å². The van der Waals surface area contributed by atoms with Gasteiger partial charge in [-0.2, -0.15) is 0 Å². The highest BCUT2D eigenvalue weighted by atomic mass is 16.4. The van der Waals surface area contributed by atoms with E-state index >= 15 is 0 Å². The van der Waals surface area contributed by atoms with Crippen molar-refractivity contribution in [2.45, 2.75) is 31.3 Å². The van der Waals surface area contributed by atoms with Crippen molar-refractivity contribution >= 4 is 11.9 Å². The molecule has 5 nitrogen and oxygen atoms in total. The molecule has 1 aromatic rings. The molecule has 0 aliphatic heterocycles. The molecule has 1 aromatic carbocycles. The summed E-state index contributed by atoms with van der Waals surface area (Å²) in [5.74, 6) is -1.20. The number of carbonyl (C=O) groups excluding carboxylic acids is 1. The first-order valence-corrected chi connectivity index (χ1v) is 6.40. The molecule has 2 rings (SSSR count). The first-order valence-electron chi connectivity index (χ1n) is 6.40. The summed E-state index contributed by atoms with van der Waals surface area (Å²) in [5, 5.41) is 11.6. The Labute approximate surface area is 111 Å². The van der Waals surface area contributed by atoms with Crippen molar-refractivity contribution in [2.24, 2.45) is 11.7 Å². The Balaban J connectivity index is 1.88. The van der Waals surface area contributed by atoms with Crippen molar-refractivity contribution in [1.82, 2.24) is 5.32 Å². The van der Waals surface area contributed by atoms with Gasteiger partial charge in [0.15, 0.2) is 0 Å². The number of nitrogens with one attached hydrogen (secondary N) is 1. The largest absolute Gasteiger partial charge is 0.480 e. The van der Waals surface area contributed by atoms with E-state index in [0.29, 0.717) is 0 Å². The number of rotatable bonds is 6. The number of nitrogens with two attached hydrogens (primary N) is 1. The quantitative estimate of drug-likeness (QED) is 0.714. The first kappa shape index (κ1) is 13.5. The second kappa shape index (κ2) is 5.84. The molecule has 1 aliphatic carbocycles. The highest BCUT2D eigenvalue weighted by Crippen LogP contribution is 2.32. The number of hydrogen-bond acceptors (Lipinski definition) is 3. The molecule has 1 amide bonds. The zero-order valence-corrected chi connectivity index (χ0v) is 10.6. The minimum absolute atomic E-state index is 0.0781. The lowest BCUT2D eigenvalue weighted by molar-refractivity contribution is -0.142. The number of carboxylic acids is 1. The predicted octanol–water partition coefficient (Wildman–Crippen LogP) is 1.06. The summed E-state index contributed by atoms with van der Waals surface area (Å²) in [6.45, 7) is 0. The molecule has 1 aliphatic rings. The van der Waals surface area contributed by atoms with Crippen LogP contribution in [-0.2, 0) is 9.59 Å². The van der Waals surface area contributed by atoms with Crippen molar-refractivity contribution in [3.05, 3.63) is 35.9 Å². The summed E-state index contributed by atoms with van der Waals surface area (Å²) >= 11 is 0. The van der Waals surface area contributed by atoms with Crippen molar-refractivity contribution in [3.8, 4) is 0 Å². The van der Waals surface area contributed by atoms with Crippen molar-refractivity contribution in [3.63, 3.8) is 0 Å². The maximum Gasteiger partial charge on any atom is 0.326 e. The summed E-state index contributed by atoms with van der Waals surface area (Å²) < 4.78 is 0. The van der Waals surface area contributed by atoms with Crippen LogP contribution in [0.1, 0.15) is 30.9 Å². The Kier molecular flexibility index (Phi) is 4.16. The van der Waals surface area contributed by atoms with Crippen molar-refractivity contribution in [1.29, 1.82) is 0 Å². The van der Waals surface area contributed by atoms with Crippen LogP contribution >= 0.6 is 0 Å². The van der Waals surface area contributed by atoms with Crippen molar-refractivity contribution < 1.29 is 14.7 Å². The molecule has 1 fully saturated rings. The second-order valence-corrected chi connectivity index (χ2v) is 4.94. The van der Waals surface area contributed by atoms with Crippen LogP contribution in [0.25, 0.3) is 0 Å². The van der Waals surface area contributed by atoms with Crippen LogP contribution in [0.5, 0.6) is 0 Å². The Hall–Kier alpha value is -1.88. The third kappa shape index (κ3) is 3.79. The molecule has 0 aromatic heterocycles. The van der Waals surface area contributed by atoms with Crippen LogP contribution < -0.4 is 11.1 Å². The molecular formula is C14H18N2O3. The molecule has 102 valence electrons. The van der Waals surface area contributed by atoms with Gasteiger partial charge in [0.05, 0.1) is 0 Å². The van der Waals surface area contributed by atoms with E-state index in [1.807, 2.05) is 30.3 Å². The lowest BCUT2D eigenvalue weighted by Gasteiger charge is -2.16. The molecule has 2 atom stereocenters. The maximum absolute atomic E-state index is 11.8. The van der Waals surface area contributed by atoms with Gasteiger partial charge in [-0.1, -0.05) is 30.3 Å². The van der Waals surface area contributed by atoms with Gasteiger partial charge in [0, 0.05) is 12.5 Å². The highest BCUT2D eigenvalue weighted by molar-refractivity contribution is 5.84. The molecule has 2 unspecified atom stereocenters. The topological polar surface area (TPSA) is 92.4 Å². The molecule has 19 heavy (non-hydrogen) atoms. The van der Waals surface area contributed by atoms with E-state index < -0.39 is 18.1 Å². The zero-order chi connectivity index (χ0) is 13.8. The Morgan fingerprint density at radius 3 is 2.47 bits per heavy atom. The van der Waals surface area contributed by atoms with Gasteiger partial charge in [0.2, 0.25) is 5.91 Å². The van der Waals surface area contributed by atoms with Gasteiger partial charge in [-0.25, -0.2) is 4.79 Å². The number of aliphatic carboxylic acids is 1. The fourth-order valence-electron chi connectivity index (χ4n) is 2.06. The first-order chi connectivity index (χ1) is 9.08. The summed E-state index contributed by atoms with van der Waals surface area (Å²) in [4.78, 5) is 22.8. The Bertz CT molecular complexity index is 457. The van der Waals surface area contributed by atoms with Crippen LogP contribution in [0.4, 0.5) is 0 Å². The van der Waals surface area contributed by atoms with Crippen LogP contribution in [0.15, 0.2) is 30.3 Å². The van der Waals surface area contributed by atoms with Crippen LogP contribution in [0.2, 0.25) is 0 Å². The molecule has 0 radical (unpaired) electrons. The van der Waals surface area contributed by atoms with Gasteiger partial charge < -0.3 is 16.2 Å². The number of carbonyl (C=O) groups is 2. The van der Waals surface area contributed by atoms with Gasteiger partial charge in [0.25, 0.3) is 0 Å². The second-order valence-electron chi connectivity index (χ2n) is 4.94. The molecule has 0 heterocycles. The highest BCUT2D eigenvalue weighted by Gasteiger charge is 2.37. The minimum atomic E-state index is -0.968. The third-order valence-electron chi connectivity index (χ3n) is 3.31. The molecule has 0 spiro atoms. The lowest BCUT2D eigenvalue weighted by Crippen LogP contribution is -2.43. The molecule has 4 N–H and O–H groups in total. The van der Waals surface area contributed by atoms with Gasteiger partial charge in [-0.3, -0.25) is 4.79 Å². The van der Waals surface area contributed by atoms with Gasteiger partial charge in [0.1, 0.15) is 6.04 Å².